The minimum absolute atomic E-state index is 0. The lowest BCUT2D eigenvalue weighted by Crippen LogP contribution is -2.52. The van der Waals surface area contributed by atoms with Gasteiger partial charge in [0, 0.05) is 43.4 Å². The first-order valence-electron chi connectivity index (χ1n) is 8.43. The molecule has 0 saturated carbocycles. The lowest BCUT2D eigenvalue weighted by atomic mass is 10.1. The van der Waals surface area contributed by atoms with Crippen molar-refractivity contribution in [2.24, 2.45) is 7.05 Å². The largest absolute Gasteiger partial charge is 0.365 e. The maximum atomic E-state index is 12.2. The summed E-state index contributed by atoms with van der Waals surface area (Å²) in [7, 11) is 1.71. The SMILES string of the molecule is C[C@H]1CN(CC#N)CCN1c1ccc(Nc2cc(Br)cn(C)c2=O)nc1.S. The smallest absolute Gasteiger partial charge is 0.274 e. The predicted octanol–water partition coefficient (Wildman–Crippen LogP) is 2.43. The molecule has 1 fully saturated rings. The zero-order chi connectivity index (χ0) is 18.7. The lowest BCUT2D eigenvalue weighted by Gasteiger charge is -2.40. The maximum absolute atomic E-state index is 12.2. The van der Waals surface area contributed by atoms with Crippen molar-refractivity contribution in [1.29, 1.82) is 5.26 Å². The number of aromatic nitrogens is 2. The van der Waals surface area contributed by atoms with Crippen LogP contribution in [0, 0.1) is 11.3 Å². The first-order chi connectivity index (χ1) is 12.5. The molecular formula is C18H23BrN6OS. The topological polar surface area (TPSA) is 77.2 Å². The molecule has 3 rings (SSSR count). The van der Waals surface area contributed by atoms with Crippen LogP contribution in [0.2, 0.25) is 0 Å². The molecule has 0 radical (unpaired) electrons. The highest BCUT2D eigenvalue weighted by molar-refractivity contribution is 9.10. The van der Waals surface area contributed by atoms with E-state index < -0.39 is 0 Å². The van der Waals surface area contributed by atoms with Gasteiger partial charge in [-0.15, -0.1) is 0 Å². The highest BCUT2D eigenvalue weighted by Crippen LogP contribution is 2.22. The van der Waals surface area contributed by atoms with Crippen molar-refractivity contribution in [3.05, 3.63) is 45.4 Å². The van der Waals surface area contributed by atoms with E-state index >= 15 is 0 Å². The highest BCUT2D eigenvalue weighted by Gasteiger charge is 2.23. The second kappa shape index (κ2) is 9.26. The van der Waals surface area contributed by atoms with Crippen LogP contribution >= 0.6 is 29.4 Å². The van der Waals surface area contributed by atoms with E-state index in [9.17, 15) is 4.79 Å². The van der Waals surface area contributed by atoms with Gasteiger partial charge in [0.05, 0.1) is 24.5 Å². The highest BCUT2D eigenvalue weighted by atomic mass is 79.9. The van der Waals surface area contributed by atoms with Crippen LogP contribution in [-0.4, -0.2) is 46.7 Å². The van der Waals surface area contributed by atoms with Gasteiger partial charge in [-0.05, 0) is 41.1 Å². The molecule has 0 unspecified atom stereocenters. The molecule has 2 aromatic rings. The third kappa shape index (κ3) is 5.03. The lowest BCUT2D eigenvalue weighted by molar-refractivity contribution is 0.253. The van der Waals surface area contributed by atoms with Crippen LogP contribution in [0.3, 0.4) is 0 Å². The van der Waals surface area contributed by atoms with Crippen LogP contribution in [-0.2, 0) is 7.05 Å². The quantitative estimate of drug-likeness (QED) is 0.720. The Labute approximate surface area is 174 Å². The van der Waals surface area contributed by atoms with Crippen LogP contribution in [0.25, 0.3) is 0 Å². The summed E-state index contributed by atoms with van der Waals surface area (Å²) >= 11 is 3.40. The molecule has 1 atom stereocenters. The van der Waals surface area contributed by atoms with E-state index in [1.54, 1.807) is 19.3 Å². The Kier molecular flexibility index (Phi) is 7.30. The number of piperazine rings is 1. The van der Waals surface area contributed by atoms with Gasteiger partial charge in [-0.3, -0.25) is 9.69 Å². The number of nitrogens with zero attached hydrogens (tertiary/aromatic N) is 5. The average molecular weight is 451 g/mol. The van der Waals surface area contributed by atoms with Crippen LogP contribution in [0.4, 0.5) is 17.2 Å². The molecule has 1 N–H and O–H groups in total. The molecule has 9 heteroatoms. The summed E-state index contributed by atoms with van der Waals surface area (Å²) in [5.41, 5.74) is 1.41. The van der Waals surface area contributed by atoms with Crippen molar-refractivity contribution in [3.8, 4) is 6.07 Å². The number of aryl methyl sites for hydroxylation is 1. The van der Waals surface area contributed by atoms with Gasteiger partial charge in [-0.25, -0.2) is 4.98 Å². The third-order valence-corrected chi connectivity index (χ3v) is 4.93. The Morgan fingerprint density at radius 1 is 1.41 bits per heavy atom. The van der Waals surface area contributed by atoms with Crippen LogP contribution in [0.15, 0.2) is 39.9 Å². The first kappa shape index (κ1) is 21.3. The molecule has 3 heterocycles. The summed E-state index contributed by atoms with van der Waals surface area (Å²) in [6, 6.07) is 8.16. The molecule has 0 spiro atoms. The Hall–Kier alpha value is -2.02. The van der Waals surface area contributed by atoms with Crippen molar-refractivity contribution >= 4 is 46.6 Å². The maximum Gasteiger partial charge on any atom is 0.274 e. The monoisotopic (exact) mass is 450 g/mol. The zero-order valence-corrected chi connectivity index (χ0v) is 17.9. The Morgan fingerprint density at radius 2 is 2.19 bits per heavy atom. The number of nitriles is 1. The number of halogens is 1. The molecule has 0 aromatic carbocycles. The van der Waals surface area contributed by atoms with Gasteiger partial charge in [0.2, 0.25) is 0 Å². The second-order valence-electron chi connectivity index (χ2n) is 6.45. The first-order valence-corrected chi connectivity index (χ1v) is 9.22. The molecule has 144 valence electrons. The van der Waals surface area contributed by atoms with E-state index in [2.05, 4.69) is 49.0 Å². The summed E-state index contributed by atoms with van der Waals surface area (Å²) in [6.07, 6.45) is 3.54. The van der Waals surface area contributed by atoms with Crippen molar-refractivity contribution in [2.75, 3.05) is 36.4 Å². The second-order valence-corrected chi connectivity index (χ2v) is 7.37. The van der Waals surface area contributed by atoms with E-state index in [1.807, 2.05) is 18.3 Å². The van der Waals surface area contributed by atoms with Crippen LogP contribution in [0.5, 0.6) is 0 Å². The van der Waals surface area contributed by atoms with Crippen molar-refractivity contribution in [1.82, 2.24) is 14.5 Å². The van der Waals surface area contributed by atoms with Crippen LogP contribution in [0.1, 0.15) is 6.92 Å². The van der Waals surface area contributed by atoms with Gasteiger partial charge in [-0.1, -0.05) is 0 Å². The van der Waals surface area contributed by atoms with E-state index in [0.29, 0.717) is 24.1 Å². The Balaban J connectivity index is 0.00000261. The molecule has 2 aromatic heterocycles. The molecule has 0 amide bonds. The van der Waals surface area contributed by atoms with Gasteiger partial charge >= 0.3 is 0 Å². The number of hydrogen-bond acceptors (Lipinski definition) is 6. The fourth-order valence-electron chi connectivity index (χ4n) is 3.19. The number of anilines is 3. The molecule has 0 bridgehead atoms. The summed E-state index contributed by atoms with van der Waals surface area (Å²) < 4.78 is 2.34. The fourth-order valence-corrected chi connectivity index (χ4v) is 3.72. The van der Waals surface area contributed by atoms with E-state index in [4.69, 9.17) is 5.26 Å². The zero-order valence-electron chi connectivity index (χ0n) is 15.3. The predicted molar refractivity (Wildman–Crippen MR) is 116 cm³/mol. The van der Waals surface area contributed by atoms with Gasteiger partial charge < -0.3 is 14.8 Å². The number of hydrogen-bond donors (Lipinski definition) is 1. The van der Waals surface area contributed by atoms with Crippen molar-refractivity contribution in [3.63, 3.8) is 0 Å². The minimum atomic E-state index is -0.110. The average Bonchev–Trinajstić information content (AvgIpc) is 2.61. The van der Waals surface area contributed by atoms with E-state index in [0.717, 1.165) is 29.8 Å². The number of nitrogens with one attached hydrogen (secondary N) is 1. The number of pyridine rings is 2. The van der Waals surface area contributed by atoms with Gasteiger partial charge in [-0.2, -0.15) is 18.8 Å². The molecule has 1 aliphatic rings. The molecule has 1 aliphatic heterocycles. The van der Waals surface area contributed by atoms with Gasteiger partial charge in [0.25, 0.3) is 5.56 Å². The van der Waals surface area contributed by atoms with E-state index in [-0.39, 0.29) is 19.1 Å². The standard InChI is InChI=1S/C18H21BrN6O.H2S/c1-13-11-24(6-5-20)7-8-25(13)15-3-4-17(21-10-15)22-16-9-14(19)12-23(2)18(16)26;/h3-4,9-10,12-13H,6-8,11H2,1-2H3,(H,21,22);1H2/t13-;/m0./s1. The summed E-state index contributed by atoms with van der Waals surface area (Å²) in [4.78, 5) is 21.1. The number of rotatable bonds is 4. The van der Waals surface area contributed by atoms with Gasteiger partial charge in [0.1, 0.15) is 11.5 Å². The molecule has 1 saturated heterocycles. The Bertz CT molecular complexity index is 879. The van der Waals surface area contributed by atoms with Crippen molar-refractivity contribution in [2.45, 2.75) is 13.0 Å². The normalized spacial score (nSPS) is 17.1. The van der Waals surface area contributed by atoms with Gasteiger partial charge in [0.15, 0.2) is 0 Å². The molecule has 27 heavy (non-hydrogen) atoms. The third-order valence-electron chi connectivity index (χ3n) is 4.50. The Morgan fingerprint density at radius 3 is 2.81 bits per heavy atom. The molecular weight excluding hydrogens is 428 g/mol. The van der Waals surface area contributed by atoms with Crippen LogP contribution < -0.4 is 15.8 Å². The molecule has 0 aliphatic carbocycles. The van der Waals surface area contributed by atoms with E-state index in [1.165, 1.54) is 4.57 Å². The molecule has 7 nitrogen and oxygen atoms in total. The fraction of sp³-hybridized carbons (Fsp3) is 0.389. The summed E-state index contributed by atoms with van der Waals surface area (Å²) in [5, 5.41) is 11.9. The summed E-state index contributed by atoms with van der Waals surface area (Å²) in [6.45, 7) is 5.22. The minimum Gasteiger partial charge on any atom is -0.365 e. The van der Waals surface area contributed by atoms with Crippen molar-refractivity contribution < 1.29 is 0 Å². The summed E-state index contributed by atoms with van der Waals surface area (Å²) in [5.74, 6) is 0.625.